The summed E-state index contributed by atoms with van der Waals surface area (Å²) in [5, 5.41) is 8.99. The normalized spacial score (nSPS) is 22.6. The zero-order chi connectivity index (χ0) is 15.7. The molecule has 1 fully saturated rings. The van der Waals surface area contributed by atoms with Crippen molar-refractivity contribution in [1.29, 1.82) is 0 Å². The molecule has 1 atom stereocenters. The number of rotatable bonds is 3. The molecule has 22 heavy (non-hydrogen) atoms. The molecule has 0 aromatic heterocycles. The molecule has 8 heteroatoms. The number of sulfonamides is 1. The number of carboxylic acids is 1. The Balaban J connectivity index is 1.87. The van der Waals surface area contributed by atoms with Crippen molar-refractivity contribution < 1.29 is 27.8 Å². The maximum Gasteiger partial charge on any atom is 0.334 e. The van der Waals surface area contributed by atoms with Crippen LogP contribution in [0, 0.1) is 0 Å². The first-order valence-corrected chi connectivity index (χ1v) is 8.53. The summed E-state index contributed by atoms with van der Waals surface area (Å²) in [5.41, 5.74) is 0.871. The van der Waals surface area contributed by atoms with Crippen LogP contribution in [0.15, 0.2) is 23.1 Å². The number of benzene rings is 1. The highest BCUT2D eigenvalue weighted by Crippen LogP contribution is 2.29. The SMILES string of the molecule is O=C(O)C1CN(S(=O)(=O)c2ccc3c(c2)CCCO3)CCO1. The van der Waals surface area contributed by atoms with E-state index in [9.17, 15) is 13.2 Å². The van der Waals surface area contributed by atoms with Gasteiger partial charge < -0.3 is 14.6 Å². The first-order chi connectivity index (χ1) is 10.5. The highest BCUT2D eigenvalue weighted by atomic mass is 32.2. The van der Waals surface area contributed by atoms with Crippen molar-refractivity contribution in [3.05, 3.63) is 23.8 Å². The summed E-state index contributed by atoms with van der Waals surface area (Å²) >= 11 is 0. The third-order valence-electron chi connectivity index (χ3n) is 3.82. The number of hydrogen-bond donors (Lipinski definition) is 1. The van der Waals surface area contributed by atoms with Gasteiger partial charge in [-0.1, -0.05) is 0 Å². The van der Waals surface area contributed by atoms with E-state index in [2.05, 4.69) is 0 Å². The summed E-state index contributed by atoms with van der Waals surface area (Å²) in [5.74, 6) is -0.436. The lowest BCUT2D eigenvalue weighted by molar-refractivity contribution is -0.153. The largest absolute Gasteiger partial charge is 0.493 e. The second-order valence-electron chi connectivity index (χ2n) is 5.28. The van der Waals surface area contributed by atoms with Crippen LogP contribution in [0.2, 0.25) is 0 Å². The predicted octanol–water partition coefficient (Wildman–Crippen LogP) is 0.486. The van der Waals surface area contributed by atoms with Crippen molar-refractivity contribution in [3.63, 3.8) is 0 Å². The van der Waals surface area contributed by atoms with Crippen molar-refractivity contribution in [1.82, 2.24) is 4.31 Å². The molecule has 2 aliphatic heterocycles. The van der Waals surface area contributed by atoms with Gasteiger partial charge in [-0.15, -0.1) is 0 Å². The quantitative estimate of drug-likeness (QED) is 0.868. The lowest BCUT2D eigenvalue weighted by Gasteiger charge is -2.30. The van der Waals surface area contributed by atoms with Gasteiger partial charge in [-0.3, -0.25) is 0 Å². The zero-order valence-electron chi connectivity index (χ0n) is 11.9. The van der Waals surface area contributed by atoms with Crippen LogP contribution < -0.4 is 4.74 Å². The fourth-order valence-corrected chi connectivity index (χ4v) is 4.12. The number of nitrogens with zero attached hydrogens (tertiary/aromatic N) is 1. The Hall–Kier alpha value is -1.64. The van der Waals surface area contributed by atoms with Gasteiger partial charge in [0.2, 0.25) is 10.0 Å². The number of aryl methyl sites for hydroxylation is 1. The van der Waals surface area contributed by atoms with Gasteiger partial charge in [0.05, 0.1) is 24.7 Å². The molecule has 1 aromatic rings. The number of ether oxygens (including phenoxy) is 2. The maximum absolute atomic E-state index is 12.7. The summed E-state index contributed by atoms with van der Waals surface area (Å²) in [6.45, 7) is 0.693. The van der Waals surface area contributed by atoms with Crippen molar-refractivity contribution in [2.75, 3.05) is 26.3 Å². The Bertz CT molecular complexity index is 687. The standard InChI is InChI=1S/C14H17NO6S/c16-14(17)13-9-15(5-7-21-13)22(18,19)11-3-4-12-10(8-11)2-1-6-20-12/h3-4,8,13H,1-2,5-7,9H2,(H,16,17). The summed E-state index contributed by atoms with van der Waals surface area (Å²) in [7, 11) is -3.73. The van der Waals surface area contributed by atoms with Crippen LogP contribution in [0.5, 0.6) is 5.75 Å². The highest BCUT2D eigenvalue weighted by Gasteiger charge is 2.34. The summed E-state index contributed by atoms with van der Waals surface area (Å²) in [6.07, 6.45) is 0.513. The van der Waals surface area contributed by atoms with Gasteiger partial charge in [0.25, 0.3) is 0 Å². The van der Waals surface area contributed by atoms with Gasteiger partial charge in [0.1, 0.15) is 5.75 Å². The van der Waals surface area contributed by atoms with E-state index in [-0.39, 0.29) is 24.6 Å². The van der Waals surface area contributed by atoms with Gasteiger partial charge in [0, 0.05) is 6.54 Å². The molecule has 120 valence electrons. The monoisotopic (exact) mass is 327 g/mol. The second-order valence-corrected chi connectivity index (χ2v) is 7.22. The van der Waals surface area contributed by atoms with Crippen molar-refractivity contribution in [2.24, 2.45) is 0 Å². The molecule has 1 N–H and O–H groups in total. The van der Waals surface area contributed by atoms with E-state index in [1.807, 2.05) is 0 Å². The maximum atomic E-state index is 12.7. The van der Waals surface area contributed by atoms with Crippen molar-refractivity contribution in [3.8, 4) is 5.75 Å². The minimum Gasteiger partial charge on any atom is -0.493 e. The Morgan fingerprint density at radius 1 is 1.32 bits per heavy atom. The Morgan fingerprint density at radius 2 is 2.14 bits per heavy atom. The minimum absolute atomic E-state index is 0.0737. The van der Waals surface area contributed by atoms with Crippen LogP contribution in [-0.2, 0) is 26.0 Å². The fourth-order valence-electron chi connectivity index (χ4n) is 2.64. The molecular weight excluding hydrogens is 310 g/mol. The molecule has 0 amide bonds. The lowest BCUT2D eigenvalue weighted by Crippen LogP contribution is -2.48. The highest BCUT2D eigenvalue weighted by molar-refractivity contribution is 7.89. The number of carboxylic acid groups (broad SMARTS) is 1. The molecule has 7 nitrogen and oxygen atoms in total. The fraction of sp³-hybridized carbons (Fsp3) is 0.500. The van der Waals surface area contributed by atoms with E-state index in [0.717, 1.165) is 24.2 Å². The van der Waals surface area contributed by atoms with E-state index in [4.69, 9.17) is 14.6 Å². The lowest BCUT2D eigenvalue weighted by atomic mass is 10.1. The molecule has 3 rings (SSSR count). The van der Waals surface area contributed by atoms with Crippen molar-refractivity contribution >= 4 is 16.0 Å². The zero-order valence-corrected chi connectivity index (χ0v) is 12.7. The number of carbonyl (C=O) groups is 1. The van der Waals surface area contributed by atoms with E-state index >= 15 is 0 Å². The van der Waals surface area contributed by atoms with Crippen LogP contribution in [0.3, 0.4) is 0 Å². The third-order valence-corrected chi connectivity index (χ3v) is 5.68. The molecule has 0 bridgehead atoms. The average Bonchev–Trinajstić information content (AvgIpc) is 2.54. The van der Waals surface area contributed by atoms with Crippen LogP contribution in [0.25, 0.3) is 0 Å². The van der Waals surface area contributed by atoms with E-state index in [1.54, 1.807) is 12.1 Å². The Labute approximate surface area is 128 Å². The molecular formula is C14H17NO6S. The van der Waals surface area contributed by atoms with Crippen LogP contribution in [-0.4, -0.2) is 56.2 Å². The molecule has 0 spiro atoms. The summed E-state index contributed by atoms with van der Waals surface area (Å²) in [6, 6.07) is 4.79. The molecule has 2 aliphatic rings. The Morgan fingerprint density at radius 3 is 2.91 bits per heavy atom. The molecule has 0 radical (unpaired) electrons. The third kappa shape index (κ3) is 2.81. The van der Waals surface area contributed by atoms with Gasteiger partial charge >= 0.3 is 5.97 Å². The van der Waals surface area contributed by atoms with Gasteiger partial charge in [0.15, 0.2) is 6.10 Å². The van der Waals surface area contributed by atoms with Gasteiger partial charge in [-0.25, -0.2) is 13.2 Å². The molecule has 0 saturated carbocycles. The number of hydrogen-bond acceptors (Lipinski definition) is 5. The molecule has 0 aliphatic carbocycles. The van der Waals surface area contributed by atoms with Gasteiger partial charge in [-0.05, 0) is 36.6 Å². The topological polar surface area (TPSA) is 93.1 Å². The second kappa shape index (κ2) is 5.86. The van der Waals surface area contributed by atoms with E-state index in [1.165, 1.54) is 10.4 Å². The Kier molecular flexibility index (Phi) is 4.07. The smallest absolute Gasteiger partial charge is 0.334 e. The van der Waals surface area contributed by atoms with E-state index < -0.39 is 22.1 Å². The van der Waals surface area contributed by atoms with Crippen LogP contribution in [0.4, 0.5) is 0 Å². The van der Waals surface area contributed by atoms with E-state index in [0.29, 0.717) is 6.61 Å². The number of morpholine rings is 1. The molecule has 1 aromatic carbocycles. The minimum atomic E-state index is -3.73. The van der Waals surface area contributed by atoms with Gasteiger partial charge in [-0.2, -0.15) is 4.31 Å². The first kappa shape index (κ1) is 15.3. The molecule has 1 saturated heterocycles. The average molecular weight is 327 g/mol. The van der Waals surface area contributed by atoms with Crippen LogP contribution in [0.1, 0.15) is 12.0 Å². The van der Waals surface area contributed by atoms with Crippen LogP contribution >= 0.6 is 0 Å². The van der Waals surface area contributed by atoms with Crippen molar-refractivity contribution in [2.45, 2.75) is 23.8 Å². The molecule has 1 unspecified atom stereocenters. The number of fused-ring (bicyclic) bond motifs is 1. The molecule has 2 heterocycles. The first-order valence-electron chi connectivity index (χ1n) is 7.09. The summed E-state index contributed by atoms with van der Waals surface area (Å²) in [4.78, 5) is 11.2. The number of aliphatic carboxylic acids is 1. The summed E-state index contributed by atoms with van der Waals surface area (Å²) < 4.78 is 37.1. The predicted molar refractivity (Wildman–Crippen MR) is 76.4 cm³/mol.